The molecule has 0 fully saturated rings. The molecule has 0 radical (unpaired) electrons. The van der Waals surface area contributed by atoms with Gasteiger partial charge in [-0.25, -0.2) is 0 Å². The highest BCUT2D eigenvalue weighted by molar-refractivity contribution is 9.10. The van der Waals surface area contributed by atoms with Crippen molar-refractivity contribution in [3.63, 3.8) is 0 Å². The molecule has 4 nitrogen and oxygen atoms in total. The Morgan fingerprint density at radius 2 is 2.17 bits per heavy atom. The SMILES string of the molecule is O=Cc1c(Br)cncc1B(O)O. The van der Waals surface area contributed by atoms with Gasteiger partial charge in [-0.1, -0.05) is 0 Å². The minimum Gasteiger partial charge on any atom is -0.423 e. The fourth-order valence-electron chi connectivity index (χ4n) is 0.790. The van der Waals surface area contributed by atoms with Crippen LogP contribution in [0, 0.1) is 0 Å². The van der Waals surface area contributed by atoms with Crippen LogP contribution >= 0.6 is 15.9 Å². The zero-order valence-electron chi connectivity index (χ0n) is 5.94. The lowest BCUT2D eigenvalue weighted by atomic mass is 9.79. The Labute approximate surface area is 77.5 Å². The fraction of sp³-hybridized carbons (Fsp3) is 0. The van der Waals surface area contributed by atoms with Crippen LogP contribution in [0.15, 0.2) is 16.9 Å². The summed E-state index contributed by atoms with van der Waals surface area (Å²) in [6.07, 6.45) is 3.19. The molecule has 62 valence electrons. The monoisotopic (exact) mass is 229 g/mol. The zero-order chi connectivity index (χ0) is 9.14. The van der Waals surface area contributed by atoms with E-state index >= 15 is 0 Å². The first-order valence-electron chi connectivity index (χ1n) is 3.11. The molecule has 1 rings (SSSR count). The summed E-state index contributed by atoms with van der Waals surface area (Å²) < 4.78 is 0.447. The summed E-state index contributed by atoms with van der Waals surface area (Å²) in [5.74, 6) is 0. The number of pyridine rings is 1. The molecule has 0 aliphatic carbocycles. The molecule has 1 heterocycles. The molecule has 1 aromatic heterocycles. The van der Waals surface area contributed by atoms with E-state index in [1.165, 1.54) is 12.4 Å². The van der Waals surface area contributed by atoms with Crippen molar-refractivity contribution in [2.75, 3.05) is 0 Å². The van der Waals surface area contributed by atoms with Gasteiger partial charge in [0.15, 0.2) is 6.29 Å². The number of hydrogen-bond acceptors (Lipinski definition) is 4. The lowest BCUT2D eigenvalue weighted by Gasteiger charge is -2.02. The van der Waals surface area contributed by atoms with Crippen LogP contribution in [0.4, 0.5) is 0 Å². The van der Waals surface area contributed by atoms with Crippen molar-refractivity contribution < 1.29 is 14.8 Å². The van der Waals surface area contributed by atoms with E-state index in [9.17, 15) is 4.79 Å². The van der Waals surface area contributed by atoms with Crippen LogP contribution in [0.5, 0.6) is 0 Å². The molecule has 0 saturated heterocycles. The van der Waals surface area contributed by atoms with E-state index in [0.29, 0.717) is 10.8 Å². The van der Waals surface area contributed by atoms with Gasteiger partial charge in [0.2, 0.25) is 0 Å². The highest BCUT2D eigenvalue weighted by atomic mass is 79.9. The van der Waals surface area contributed by atoms with Crippen LogP contribution in [0.1, 0.15) is 10.4 Å². The maximum absolute atomic E-state index is 10.5. The summed E-state index contributed by atoms with van der Waals surface area (Å²) >= 11 is 3.06. The number of carbonyl (C=O) groups is 1. The second kappa shape index (κ2) is 3.80. The van der Waals surface area contributed by atoms with Crippen molar-refractivity contribution in [2.24, 2.45) is 0 Å². The van der Waals surface area contributed by atoms with Crippen molar-refractivity contribution in [3.05, 3.63) is 22.4 Å². The van der Waals surface area contributed by atoms with Gasteiger partial charge >= 0.3 is 7.12 Å². The molecule has 0 atom stereocenters. The number of hydrogen-bond donors (Lipinski definition) is 2. The van der Waals surface area contributed by atoms with E-state index in [4.69, 9.17) is 10.0 Å². The third-order valence-electron chi connectivity index (χ3n) is 1.37. The Bertz CT molecular complexity index is 305. The molecule has 1 aromatic rings. The van der Waals surface area contributed by atoms with E-state index in [-0.39, 0.29) is 11.0 Å². The summed E-state index contributed by atoms with van der Waals surface area (Å²) in [5.41, 5.74) is 0.305. The highest BCUT2D eigenvalue weighted by Gasteiger charge is 2.17. The number of aromatic nitrogens is 1. The maximum Gasteiger partial charge on any atom is 0.490 e. The number of rotatable bonds is 2. The first-order chi connectivity index (χ1) is 5.66. The number of halogens is 1. The van der Waals surface area contributed by atoms with Crippen LogP contribution in [-0.2, 0) is 0 Å². The Morgan fingerprint density at radius 3 is 2.58 bits per heavy atom. The molecule has 12 heavy (non-hydrogen) atoms. The molecule has 0 bridgehead atoms. The zero-order valence-corrected chi connectivity index (χ0v) is 7.52. The first-order valence-corrected chi connectivity index (χ1v) is 3.91. The normalized spacial score (nSPS) is 9.58. The van der Waals surface area contributed by atoms with Gasteiger partial charge in [-0.15, -0.1) is 0 Å². The van der Waals surface area contributed by atoms with E-state index in [1.807, 2.05) is 0 Å². The van der Waals surface area contributed by atoms with Gasteiger partial charge in [-0.05, 0) is 15.9 Å². The van der Waals surface area contributed by atoms with Crippen LogP contribution in [0.3, 0.4) is 0 Å². The second-order valence-electron chi connectivity index (χ2n) is 2.12. The highest BCUT2D eigenvalue weighted by Crippen LogP contribution is 2.10. The lowest BCUT2D eigenvalue weighted by Crippen LogP contribution is -2.33. The van der Waals surface area contributed by atoms with E-state index in [2.05, 4.69) is 20.9 Å². The van der Waals surface area contributed by atoms with Gasteiger partial charge in [-0.3, -0.25) is 9.78 Å². The molecule has 0 spiro atoms. The predicted molar refractivity (Wildman–Crippen MR) is 47.2 cm³/mol. The van der Waals surface area contributed by atoms with Gasteiger partial charge in [0, 0.05) is 27.9 Å². The minimum absolute atomic E-state index is 0.0966. The summed E-state index contributed by atoms with van der Waals surface area (Å²) in [5, 5.41) is 17.6. The molecule has 6 heteroatoms. The molecule has 0 amide bonds. The molecule has 0 aromatic carbocycles. The standard InChI is InChI=1S/C6H5BBrNO3/c8-6-2-9-1-5(7(11)12)4(6)3-10/h1-3,11-12H. The number of aldehydes is 1. The van der Waals surface area contributed by atoms with Gasteiger partial charge in [0.1, 0.15) is 0 Å². The smallest absolute Gasteiger partial charge is 0.423 e. The summed E-state index contributed by atoms with van der Waals surface area (Å²) in [7, 11) is -1.67. The van der Waals surface area contributed by atoms with Gasteiger partial charge in [-0.2, -0.15) is 0 Å². The molecule has 2 N–H and O–H groups in total. The Balaban J connectivity index is 3.27. The number of carbonyl (C=O) groups excluding carboxylic acids is 1. The van der Waals surface area contributed by atoms with Crippen LogP contribution in [0.25, 0.3) is 0 Å². The topological polar surface area (TPSA) is 70.4 Å². The van der Waals surface area contributed by atoms with Crippen molar-refractivity contribution in [1.82, 2.24) is 4.98 Å². The summed E-state index contributed by atoms with van der Waals surface area (Å²) in [6.45, 7) is 0. The lowest BCUT2D eigenvalue weighted by molar-refractivity contribution is 0.112. The second-order valence-corrected chi connectivity index (χ2v) is 2.97. The fourth-order valence-corrected chi connectivity index (χ4v) is 1.23. The molecular weight excluding hydrogens is 225 g/mol. The van der Waals surface area contributed by atoms with Gasteiger partial charge in [0.25, 0.3) is 0 Å². The maximum atomic E-state index is 10.5. The van der Waals surface area contributed by atoms with E-state index < -0.39 is 7.12 Å². The largest absolute Gasteiger partial charge is 0.490 e. The Hall–Kier alpha value is -0.715. The third-order valence-corrected chi connectivity index (χ3v) is 2.00. The van der Waals surface area contributed by atoms with E-state index in [1.54, 1.807) is 0 Å². The predicted octanol–water partition coefficient (Wildman–Crippen LogP) is -0.664. The van der Waals surface area contributed by atoms with Crippen molar-refractivity contribution in [3.8, 4) is 0 Å². The van der Waals surface area contributed by atoms with Crippen molar-refractivity contribution >= 4 is 34.8 Å². The van der Waals surface area contributed by atoms with Gasteiger partial charge in [0.05, 0.1) is 0 Å². The summed E-state index contributed by atoms with van der Waals surface area (Å²) in [4.78, 5) is 14.2. The van der Waals surface area contributed by atoms with Crippen molar-refractivity contribution in [2.45, 2.75) is 0 Å². The van der Waals surface area contributed by atoms with Crippen LogP contribution < -0.4 is 5.46 Å². The molecular formula is C6H5BBrNO3. The Kier molecular flexibility index (Phi) is 2.96. The average Bonchev–Trinajstić information content (AvgIpc) is 2.03. The molecule has 0 aliphatic heterocycles. The number of nitrogens with zero attached hydrogens (tertiary/aromatic N) is 1. The Morgan fingerprint density at radius 1 is 1.50 bits per heavy atom. The quantitative estimate of drug-likeness (QED) is 0.522. The third kappa shape index (κ3) is 1.71. The molecule has 0 aliphatic rings. The van der Waals surface area contributed by atoms with Crippen LogP contribution in [0.2, 0.25) is 0 Å². The minimum atomic E-state index is -1.67. The summed E-state index contributed by atoms with van der Waals surface area (Å²) in [6, 6.07) is 0. The first kappa shape index (κ1) is 9.37. The van der Waals surface area contributed by atoms with Gasteiger partial charge < -0.3 is 10.0 Å². The van der Waals surface area contributed by atoms with Crippen LogP contribution in [-0.4, -0.2) is 28.4 Å². The van der Waals surface area contributed by atoms with E-state index in [0.717, 1.165) is 0 Å². The molecule has 0 unspecified atom stereocenters. The molecule has 0 saturated carbocycles. The average molecular weight is 230 g/mol. The van der Waals surface area contributed by atoms with Crippen molar-refractivity contribution in [1.29, 1.82) is 0 Å².